The average Bonchev–Trinajstić information content (AvgIpc) is 2.74. The molecule has 19 heavy (non-hydrogen) atoms. The Morgan fingerprint density at radius 1 is 1.11 bits per heavy atom. The largest absolute Gasteiger partial charge is 0.508 e. The molecule has 0 saturated heterocycles. The van der Waals surface area contributed by atoms with Crippen LogP contribution in [0, 0.1) is 0 Å². The molecule has 0 spiro atoms. The first-order valence-corrected chi connectivity index (χ1v) is 6.82. The molecular weight excluding hydrogens is 234 g/mol. The summed E-state index contributed by atoms with van der Waals surface area (Å²) in [6.07, 6.45) is 1.08. The quantitative estimate of drug-likeness (QED) is 0.877. The van der Waals surface area contributed by atoms with E-state index in [1.54, 1.807) is 6.07 Å². The van der Waals surface area contributed by atoms with Gasteiger partial charge < -0.3 is 10.0 Å². The van der Waals surface area contributed by atoms with Gasteiger partial charge in [-0.25, -0.2) is 0 Å². The first kappa shape index (κ1) is 12.1. The van der Waals surface area contributed by atoms with Crippen LogP contribution in [0.1, 0.15) is 31.0 Å². The van der Waals surface area contributed by atoms with E-state index in [1.807, 2.05) is 18.2 Å². The molecule has 1 N–H and O–H groups in total. The zero-order valence-electron chi connectivity index (χ0n) is 11.4. The Morgan fingerprint density at radius 2 is 1.79 bits per heavy atom. The highest BCUT2D eigenvalue weighted by Gasteiger charge is 2.30. The average molecular weight is 253 g/mol. The molecule has 2 unspecified atom stereocenters. The van der Waals surface area contributed by atoms with E-state index in [0.29, 0.717) is 11.8 Å². The van der Waals surface area contributed by atoms with Crippen molar-refractivity contribution in [3.8, 4) is 5.75 Å². The molecule has 1 heterocycles. The number of para-hydroxylation sites is 2. The second kappa shape index (κ2) is 4.61. The van der Waals surface area contributed by atoms with E-state index in [2.05, 4.69) is 43.0 Å². The molecule has 0 radical (unpaired) electrons. The predicted molar refractivity (Wildman–Crippen MR) is 78.6 cm³/mol. The van der Waals surface area contributed by atoms with Gasteiger partial charge in [0.05, 0.1) is 6.04 Å². The van der Waals surface area contributed by atoms with Crippen LogP contribution in [0.5, 0.6) is 5.75 Å². The standard InChI is InChI=1S/C17H19NO/c1-12-11-14-7-3-5-9-16(14)18(12)13(2)15-8-4-6-10-17(15)19/h3-10,12-13,19H,11H2,1-2H3. The van der Waals surface area contributed by atoms with Crippen LogP contribution in [0.15, 0.2) is 48.5 Å². The SMILES string of the molecule is CC1Cc2ccccc2N1C(C)c1ccccc1O. The van der Waals surface area contributed by atoms with Crippen LogP contribution < -0.4 is 4.90 Å². The zero-order chi connectivity index (χ0) is 13.4. The highest BCUT2D eigenvalue weighted by molar-refractivity contribution is 5.61. The minimum absolute atomic E-state index is 0.180. The number of nitrogens with zero attached hydrogens (tertiary/aromatic N) is 1. The molecule has 1 aliphatic rings. The second-order valence-corrected chi connectivity index (χ2v) is 5.32. The van der Waals surface area contributed by atoms with Crippen molar-refractivity contribution < 1.29 is 5.11 Å². The van der Waals surface area contributed by atoms with Crippen LogP contribution in [-0.4, -0.2) is 11.1 Å². The van der Waals surface area contributed by atoms with E-state index in [4.69, 9.17) is 0 Å². The molecule has 0 fully saturated rings. The molecular formula is C17H19NO. The van der Waals surface area contributed by atoms with Gasteiger partial charge >= 0.3 is 0 Å². The molecule has 0 amide bonds. The Hall–Kier alpha value is -1.96. The van der Waals surface area contributed by atoms with Gasteiger partial charge in [-0.2, -0.15) is 0 Å². The monoisotopic (exact) mass is 253 g/mol. The topological polar surface area (TPSA) is 23.5 Å². The molecule has 2 heteroatoms. The molecule has 2 aromatic rings. The van der Waals surface area contributed by atoms with Crippen molar-refractivity contribution in [1.82, 2.24) is 0 Å². The van der Waals surface area contributed by atoms with Gasteiger partial charge in [0.2, 0.25) is 0 Å². The van der Waals surface area contributed by atoms with Gasteiger partial charge in [0.1, 0.15) is 5.75 Å². The fourth-order valence-electron chi connectivity index (χ4n) is 3.17. The summed E-state index contributed by atoms with van der Waals surface area (Å²) in [5, 5.41) is 10.0. The molecule has 0 saturated carbocycles. The van der Waals surface area contributed by atoms with E-state index in [0.717, 1.165) is 12.0 Å². The Kier molecular flexibility index (Phi) is 2.94. The zero-order valence-corrected chi connectivity index (χ0v) is 11.4. The molecule has 0 aliphatic carbocycles. The Bertz CT molecular complexity index is 593. The summed E-state index contributed by atoms with van der Waals surface area (Å²) in [5.74, 6) is 0.381. The second-order valence-electron chi connectivity index (χ2n) is 5.32. The van der Waals surface area contributed by atoms with E-state index in [-0.39, 0.29) is 6.04 Å². The van der Waals surface area contributed by atoms with Crippen LogP contribution in [0.25, 0.3) is 0 Å². The van der Waals surface area contributed by atoms with E-state index in [9.17, 15) is 5.11 Å². The van der Waals surface area contributed by atoms with Gasteiger partial charge in [0, 0.05) is 17.3 Å². The highest BCUT2D eigenvalue weighted by atomic mass is 16.3. The summed E-state index contributed by atoms with van der Waals surface area (Å²) in [5.41, 5.74) is 3.69. The van der Waals surface area contributed by atoms with Crippen molar-refractivity contribution in [3.63, 3.8) is 0 Å². The summed E-state index contributed by atoms with van der Waals surface area (Å²) in [7, 11) is 0. The number of phenolic OH excluding ortho intramolecular Hbond substituents is 1. The third-order valence-corrected chi connectivity index (χ3v) is 4.06. The molecule has 3 rings (SSSR count). The third kappa shape index (κ3) is 1.97. The van der Waals surface area contributed by atoms with Crippen molar-refractivity contribution in [2.45, 2.75) is 32.4 Å². The molecule has 98 valence electrons. The lowest BCUT2D eigenvalue weighted by atomic mass is 10.0. The number of aromatic hydroxyl groups is 1. The smallest absolute Gasteiger partial charge is 0.120 e. The summed E-state index contributed by atoms with van der Waals surface area (Å²) >= 11 is 0. The molecule has 2 nitrogen and oxygen atoms in total. The fourth-order valence-corrected chi connectivity index (χ4v) is 3.17. The van der Waals surface area contributed by atoms with Gasteiger partial charge in [-0.05, 0) is 38.0 Å². The van der Waals surface area contributed by atoms with E-state index >= 15 is 0 Å². The first-order chi connectivity index (χ1) is 9.18. The van der Waals surface area contributed by atoms with E-state index in [1.165, 1.54) is 11.3 Å². The molecule has 0 bridgehead atoms. The predicted octanol–water partition coefficient (Wildman–Crippen LogP) is 3.90. The highest BCUT2D eigenvalue weighted by Crippen LogP contribution is 2.40. The van der Waals surface area contributed by atoms with Crippen molar-refractivity contribution in [3.05, 3.63) is 59.7 Å². The number of phenols is 1. The maximum Gasteiger partial charge on any atom is 0.120 e. The first-order valence-electron chi connectivity index (χ1n) is 6.82. The van der Waals surface area contributed by atoms with Crippen LogP contribution in [-0.2, 0) is 6.42 Å². The van der Waals surface area contributed by atoms with Crippen LogP contribution in [0.2, 0.25) is 0 Å². The maximum absolute atomic E-state index is 10.0. The lowest BCUT2D eigenvalue weighted by molar-refractivity contribution is 0.458. The minimum atomic E-state index is 0.180. The van der Waals surface area contributed by atoms with Crippen LogP contribution in [0.4, 0.5) is 5.69 Å². The number of hydrogen-bond acceptors (Lipinski definition) is 2. The number of anilines is 1. The summed E-state index contributed by atoms with van der Waals surface area (Å²) < 4.78 is 0. The molecule has 2 aromatic carbocycles. The van der Waals surface area contributed by atoms with Crippen molar-refractivity contribution in [2.75, 3.05) is 4.90 Å². The Labute approximate surface area is 114 Å². The number of hydrogen-bond donors (Lipinski definition) is 1. The Morgan fingerprint density at radius 3 is 2.58 bits per heavy atom. The Balaban J connectivity index is 2.01. The van der Waals surface area contributed by atoms with Crippen molar-refractivity contribution in [2.24, 2.45) is 0 Å². The minimum Gasteiger partial charge on any atom is -0.508 e. The number of rotatable bonds is 2. The third-order valence-electron chi connectivity index (χ3n) is 4.06. The summed E-state index contributed by atoms with van der Waals surface area (Å²) in [6.45, 7) is 4.41. The number of benzene rings is 2. The fraction of sp³-hybridized carbons (Fsp3) is 0.294. The lowest BCUT2D eigenvalue weighted by Crippen LogP contribution is -2.32. The van der Waals surface area contributed by atoms with Gasteiger partial charge in [0.15, 0.2) is 0 Å². The molecule has 2 atom stereocenters. The van der Waals surface area contributed by atoms with Gasteiger partial charge in [0.25, 0.3) is 0 Å². The van der Waals surface area contributed by atoms with Crippen LogP contribution >= 0.6 is 0 Å². The van der Waals surface area contributed by atoms with Crippen LogP contribution in [0.3, 0.4) is 0 Å². The number of fused-ring (bicyclic) bond motifs is 1. The summed E-state index contributed by atoms with van der Waals surface area (Å²) in [4.78, 5) is 2.41. The van der Waals surface area contributed by atoms with Gasteiger partial charge in [-0.1, -0.05) is 36.4 Å². The normalized spacial score (nSPS) is 19.3. The van der Waals surface area contributed by atoms with Gasteiger partial charge in [-0.15, -0.1) is 0 Å². The maximum atomic E-state index is 10.0. The molecule has 1 aliphatic heterocycles. The van der Waals surface area contributed by atoms with Crippen molar-refractivity contribution in [1.29, 1.82) is 0 Å². The molecule has 0 aromatic heterocycles. The summed E-state index contributed by atoms with van der Waals surface area (Å²) in [6, 6.07) is 16.8. The van der Waals surface area contributed by atoms with Gasteiger partial charge in [-0.3, -0.25) is 0 Å². The van der Waals surface area contributed by atoms with Crippen molar-refractivity contribution >= 4 is 5.69 Å². The lowest BCUT2D eigenvalue weighted by Gasteiger charge is -2.32. The van der Waals surface area contributed by atoms with E-state index < -0.39 is 0 Å².